The van der Waals surface area contributed by atoms with Crippen LogP contribution in [0.2, 0.25) is 5.02 Å². The molecule has 1 fully saturated rings. The Balaban J connectivity index is 0.00000208. The molecule has 1 aliphatic rings. The highest BCUT2D eigenvalue weighted by Gasteiger charge is 2.36. The molecule has 1 aliphatic carbocycles. The molecule has 3 rings (SSSR count). The lowest BCUT2D eigenvalue weighted by molar-refractivity contribution is 0.0890. The van der Waals surface area contributed by atoms with Crippen LogP contribution in [0.4, 0.5) is 0 Å². The second kappa shape index (κ2) is 8.06. The van der Waals surface area contributed by atoms with E-state index in [-0.39, 0.29) is 29.8 Å². The van der Waals surface area contributed by atoms with Gasteiger partial charge < -0.3 is 15.5 Å². The van der Waals surface area contributed by atoms with Crippen molar-refractivity contribution >= 4 is 29.9 Å². The van der Waals surface area contributed by atoms with Gasteiger partial charge in [-0.1, -0.05) is 23.7 Å². The van der Waals surface area contributed by atoms with Crippen LogP contribution >= 0.6 is 24.0 Å². The van der Waals surface area contributed by atoms with Crippen molar-refractivity contribution in [3.8, 4) is 0 Å². The summed E-state index contributed by atoms with van der Waals surface area (Å²) >= 11 is 6.13. The standard InChI is InChI=1S/C18H21ClN2O2.ClH/c19-14-4-1-3-13(11-14)18(12-20)8-6-15(7-9-18)21-17(22)16-5-2-10-23-16;/h1-5,10-11,15H,6-9,12,20H2,(H,21,22);1H/t15-,18-;. The van der Waals surface area contributed by atoms with Gasteiger partial charge in [-0.2, -0.15) is 0 Å². The van der Waals surface area contributed by atoms with Gasteiger partial charge in [0.05, 0.1) is 6.26 Å². The number of nitrogens with two attached hydrogens (primary N) is 1. The van der Waals surface area contributed by atoms with E-state index in [1.165, 1.54) is 11.8 Å². The van der Waals surface area contributed by atoms with E-state index < -0.39 is 0 Å². The van der Waals surface area contributed by atoms with E-state index in [9.17, 15) is 4.79 Å². The fraction of sp³-hybridized carbons (Fsp3) is 0.389. The average Bonchev–Trinajstić information content (AvgIpc) is 3.10. The molecule has 0 saturated heterocycles. The van der Waals surface area contributed by atoms with Gasteiger partial charge in [-0.3, -0.25) is 4.79 Å². The van der Waals surface area contributed by atoms with E-state index in [4.69, 9.17) is 21.8 Å². The largest absolute Gasteiger partial charge is 0.459 e. The first kappa shape index (κ1) is 18.8. The molecule has 0 radical (unpaired) electrons. The Morgan fingerprint density at radius 3 is 2.62 bits per heavy atom. The van der Waals surface area contributed by atoms with Crippen molar-refractivity contribution in [3.05, 3.63) is 59.0 Å². The predicted octanol–water partition coefficient (Wildman–Crippen LogP) is 3.92. The van der Waals surface area contributed by atoms with Crippen molar-refractivity contribution in [2.75, 3.05) is 6.54 Å². The lowest BCUT2D eigenvalue weighted by Crippen LogP contribution is -2.45. The molecular formula is C18H22Cl2N2O2. The fourth-order valence-electron chi connectivity index (χ4n) is 3.41. The van der Waals surface area contributed by atoms with Crippen LogP contribution in [0, 0.1) is 0 Å². The molecule has 0 bridgehead atoms. The van der Waals surface area contributed by atoms with Crippen LogP contribution < -0.4 is 11.1 Å². The molecule has 1 heterocycles. The van der Waals surface area contributed by atoms with Crippen LogP contribution in [0.5, 0.6) is 0 Å². The van der Waals surface area contributed by atoms with Gasteiger partial charge in [0, 0.05) is 23.0 Å². The van der Waals surface area contributed by atoms with Crippen molar-refractivity contribution in [2.24, 2.45) is 5.73 Å². The molecular weight excluding hydrogens is 347 g/mol. The summed E-state index contributed by atoms with van der Waals surface area (Å²) in [4.78, 5) is 12.1. The van der Waals surface area contributed by atoms with Crippen LogP contribution in [-0.4, -0.2) is 18.5 Å². The second-order valence-electron chi connectivity index (χ2n) is 6.22. The van der Waals surface area contributed by atoms with Gasteiger partial charge >= 0.3 is 0 Å². The van der Waals surface area contributed by atoms with E-state index >= 15 is 0 Å². The summed E-state index contributed by atoms with van der Waals surface area (Å²) in [6.45, 7) is 0.589. The number of furan rings is 1. The minimum absolute atomic E-state index is 0. The molecule has 0 spiro atoms. The number of halogens is 2. The molecule has 3 N–H and O–H groups in total. The number of nitrogens with one attached hydrogen (secondary N) is 1. The minimum atomic E-state index is -0.150. The van der Waals surface area contributed by atoms with Crippen molar-refractivity contribution in [2.45, 2.75) is 37.1 Å². The molecule has 4 nitrogen and oxygen atoms in total. The van der Waals surface area contributed by atoms with Crippen LogP contribution in [-0.2, 0) is 5.41 Å². The number of hydrogen-bond acceptors (Lipinski definition) is 3. The zero-order valence-electron chi connectivity index (χ0n) is 13.3. The predicted molar refractivity (Wildman–Crippen MR) is 97.9 cm³/mol. The number of carbonyl (C=O) groups excluding carboxylic acids is 1. The number of amides is 1. The monoisotopic (exact) mass is 368 g/mol. The quantitative estimate of drug-likeness (QED) is 0.858. The summed E-state index contributed by atoms with van der Waals surface area (Å²) < 4.78 is 5.13. The van der Waals surface area contributed by atoms with Crippen molar-refractivity contribution in [3.63, 3.8) is 0 Å². The van der Waals surface area contributed by atoms with Crippen LogP contribution in [0.1, 0.15) is 41.8 Å². The average molecular weight is 369 g/mol. The van der Waals surface area contributed by atoms with Gasteiger partial charge in [-0.25, -0.2) is 0 Å². The normalized spacial score (nSPS) is 23.3. The maximum Gasteiger partial charge on any atom is 0.287 e. The van der Waals surface area contributed by atoms with Crippen LogP contribution in [0.25, 0.3) is 0 Å². The minimum Gasteiger partial charge on any atom is -0.459 e. The van der Waals surface area contributed by atoms with E-state index in [0.29, 0.717) is 12.3 Å². The van der Waals surface area contributed by atoms with Crippen LogP contribution in [0.3, 0.4) is 0 Å². The van der Waals surface area contributed by atoms with Gasteiger partial charge in [-0.15, -0.1) is 12.4 Å². The van der Waals surface area contributed by atoms with Gasteiger partial charge in [0.25, 0.3) is 5.91 Å². The highest BCUT2D eigenvalue weighted by molar-refractivity contribution is 6.30. The number of benzene rings is 1. The SMILES string of the molecule is Cl.NC[C@]1(c2cccc(Cl)c2)CC[C@H](NC(=O)c2ccco2)CC1. The first-order valence-corrected chi connectivity index (χ1v) is 8.31. The maximum atomic E-state index is 12.1. The Morgan fingerprint density at radius 2 is 2.04 bits per heavy atom. The third-order valence-electron chi connectivity index (χ3n) is 4.85. The van der Waals surface area contributed by atoms with E-state index in [1.54, 1.807) is 12.1 Å². The van der Waals surface area contributed by atoms with Gasteiger partial charge in [0.1, 0.15) is 0 Å². The summed E-state index contributed by atoms with van der Waals surface area (Å²) in [5.74, 6) is 0.207. The summed E-state index contributed by atoms with van der Waals surface area (Å²) in [6, 6.07) is 11.5. The summed E-state index contributed by atoms with van der Waals surface area (Å²) in [5.41, 5.74) is 7.25. The summed E-state index contributed by atoms with van der Waals surface area (Å²) in [7, 11) is 0. The first-order valence-electron chi connectivity index (χ1n) is 7.93. The molecule has 6 heteroatoms. The lowest BCUT2D eigenvalue weighted by atomic mass is 9.68. The van der Waals surface area contributed by atoms with Crippen molar-refractivity contribution in [1.82, 2.24) is 5.32 Å². The van der Waals surface area contributed by atoms with E-state index in [2.05, 4.69) is 11.4 Å². The fourth-order valence-corrected chi connectivity index (χ4v) is 3.60. The van der Waals surface area contributed by atoms with Crippen molar-refractivity contribution < 1.29 is 9.21 Å². The summed E-state index contributed by atoms with van der Waals surface area (Å²) in [5, 5.41) is 3.79. The Kier molecular flexibility index (Phi) is 6.33. The zero-order valence-corrected chi connectivity index (χ0v) is 14.9. The highest BCUT2D eigenvalue weighted by atomic mass is 35.5. The Bertz CT molecular complexity index is 665. The molecule has 1 saturated carbocycles. The molecule has 0 atom stereocenters. The van der Waals surface area contributed by atoms with Crippen LogP contribution in [0.15, 0.2) is 47.1 Å². The number of hydrogen-bond donors (Lipinski definition) is 2. The van der Waals surface area contributed by atoms with Crippen molar-refractivity contribution in [1.29, 1.82) is 0 Å². The molecule has 2 aromatic rings. The number of carbonyl (C=O) groups is 1. The topological polar surface area (TPSA) is 68.3 Å². The smallest absolute Gasteiger partial charge is 0.287 e. The third-order valence-corrected chi connectivity index (χ3v) is 5.09. The second-order valence-corrected chi connectivity index (χ2v) is 6.66. The van der Waals surface area contributed by atoms with E-state index in [1.807, 2.05) is 18.2 Å². The maximum absolute atomic E-state index is 12.1. The molecule has 1 aromatic heterocycles. The zero-order chi connectivity index (χ0) is 16.3. The van der Waals surface area contributed by atoms with E-state index in [0.717, 1.165) is 30.7 Å². The third kappa shape index (κ3) is 3.94. The Morgan fingerprint density at radius 1 is 1.29 bits per heavy atom. The molecule has 0 aliphatic heterocycles. The molecule has 130 valence electrons. The van der Waals surface area contributed by atoms with Gasteiger partial charge in [0.15, 0.2) is 5.76 Å². The Labute approximate surface area is 153 Å². The Hall–Kier alpha value is -1.49. The summed E-state index contributed by atoms with van der Waals surface area (Å²) in [6.07, 6.45) is 5.18. The van der Waals surface area contributed by atoms with Gasteiger partial charge in [-0.05, 0) is 55.5 Å². The molecule has 1 aromatic carbocycles. The number of rotatable bonds is 4. The lowest BCUT2D eigenvalue weighted by Gasteiger charge is -2.40. The first-order chi connectivity index (χ1) is 11.1. The highest BCUT2D eigenvalue weighted by Crippen LogP contribution is 2.39. The molecule has 24 heavy (non-hydrogen) atoms. The molecule has 0 unspecified atom stereocenters. The molecule has 1 amide bonds. The van der Waals surface area contributed by atoms with Gasteiger partial charge in [0.2, 0.25) is 0 Å².